The van der Waals surface area contributed by atoms with Crippen molar-refractivity contribution in [2.45, 2.75) is 0 Å². The molecule has 8 nitrogen and oxygen atoms in total. The third-order valence-corrected chi connectivity index (χ3v) is 4.77. The van der Waals surface area contributed by atoms with Crippen LogP contribution in [0.4, 0.5) is 10.5 Å². The standard InChI is InChI=1S/C20H18N6O2/c21-13-14-4-3-5-15(12-14)22-20(28)26-10-8-25(9-11-26)19(27)18-16-6-1-2-7-17(16)23-24-18/h1-7,12H,8-11H2,(H,22,28)(H,23,24). The van der Waals surface area contributed by atoms with Gasteiger partial charge in [-0.1, -0.05) is 24.3 Å². The Kier molecular flexibility index (Phi) is 4.64. The van der Waals surface area contributed by atoms with Crippen LogP contribution in [0.15, 0.2) is 48.5 Å². The Balaban J connectivity index is 1.38. The molecule has 28 heavy (non-hydrogen) atoms. The van der Waals surface area contributed by atoms with Crippen molar-refractivity contribution in [3.05, 3.63) is 59.8 Å². The minimum Gasteiger partial charge on any atom is -0.334 e. The number of anilines is 1. The Morgan fingerprint density at radius 1 is 1.04 bits per heavy atom. The molecular formula is C20H18N6O2. The Bertz CT molecular complexity index is 1080. The lowest BCUT2D eigenvalue weighted by Gasteiger charge is -2.34. The number of piperazine rings is 1. The lowest BCUT2D eigenvalue weighted by Crippen LogP contribution is -2.51. The fourth-order valence-corrected chi connectivity index (χ4v) is 3.26. The van der Waals surface area contributed by atoms with Crippen LogP contribution in [0.3, 0.4) is 0 Å². The summed E-state index contributed by atoms with van der Waals surface area (Å²) in [5.41, 5.74) is 2.29. The molecule has 3 amide bonds. The first-order valence-electron chi connectivity index (χ1n) is 8.94. The maximum Gasteiger partial charge on any atom is 0.321 e. The number of H-pyrrole nitrogens is 1. The highest BCUT2D eigenvalue weighted by Crippen LogP contribution is 2.18. The van der Waals surface area contributed by atoms with E-state index >= 15 is 0 Å². The molecule has 1 saturated heterocycles. The average Bonchev–Trinajstić information content (AvgIpc) is 3.17. The van der Waals surface area contributed by atoms with E-state index in [4.69, 9.17) is 5.26 Å². The SMILES string of the molecule is N#Cc1cccc(NC(=O)N2CCN(C(=O)c3n[nH]c4ccccc34)CC2)c1. The molecule has 140 valence electrons. The number of aromatic amines is 1. The molecular weight excluding hydrogens is 356 g/mol. The van der Waals surface area contributed by atoms with E-state index in [1.54, 1.807) is 34.1 Å². The molecule has 0 atom stereocenters. The molecule has 0 spiro atoms. The number of benzene rings is 2. The van der Waals surface area contributed by atoms with E-state index in [0.29, 0.717) is 43.1 Å². The lowest BCUT2D eigenvalue weighted by molar-refractivity contribution is 0.0667. The molecule has 0 aliphatic carbocycles. The number of aromatic nitrogens is 2. The molecule has 2 aromatic carbocycles. The van der Waals surface area contributed by atoms with Crippen molar-refractivity contribution < 1.29 is 9.59 Å². The van der Waals surface area contributed by atoms with Gasteiger partial charge < -0.3 is 15.1 Å². The first-order chi connectivity index (χ1) is 13.7. The molecule has 1 aliphatic rings. The quantitative estimate of drug-likeness (QED) is 0.718. The summed E-state index contributed by atoms with van der Waals surface area (Å²) < 4.78 is 0. The highest BCUT2D eigenvalue weighted by molar-refractivity contribution is 6.04. The van der Waals surface area contributed by atoms with Crippen molar-refractivity contribution in [1.29, 1.82) is 5.26 Å². The number of nitrogens with zero attached hydrogens (tertiary/aromatic N) is 4. The maximum atomic E-state index is 12.8. The van der Waals surface area contributed by atoms with Gasteiger partial charge in [0.15, 0.2) is 5.69 Å². The largest absolute Gasteiger partial charge is 0.334 e. The van der Waals surface area contributed by atoms with Gasteiger partial charge >= 0.3 is 6.03 Å². The second kappa shape index (κ2) is 7.40. The molecule has 4 rings (SSSR count). The Hall–Kier alpha value is -3.86. The minimum absolute atomic E-state index is 0.140. The van der Waals surface area contributed by atoms with E-state index in [0.717, 1.165) is 10.9 Å². The van der Waals surface area contributed by atoms with E-state index < -0.39 is 0 Å². The number of hydrogen-bond acceptors (Lipinski definition) is 4. The topological polar surface area (TPSA) is 105 Å². The molecule has 8 heteroatoms. The second-order valence-corrected chi connectivity index (χ2v) is 6.52. The van der Waals surface area contributed by atoms with Crippen molar-refractivity contribution in [2.24, 2.45) is 0 Å². The summed E-state index contributed by atoms with van der Waals surface area (Å²) in [4.78, 5) is 28.6. The number of nitriles is 1. The predicted molar refractivity (Wildman–Crippen MR) is 104 cm³/mol. The van der Waals surface area contributed by atoms with Crippen molar-refractivity contribution in [3.63, 3.8) is 0 Å². The molecule has 2 N–H and O–H groups in total. The van der Waals surface area contributed by atoms with E-state index in [9.17, 15) is 9.59 Å². The van der Waals surface area contributed by atoms with Gasteiger partial charge in [-0.05, 0) is 24.3 Å². The molecule has 1 fully saturated rings. The summed E-state index contributed by atoms with van der Waals surface area (Å²) in [7, 11) is 0. The van der Waals surface area contributed by atoms with Crippen molar-refractivity contribution in [1.82, 2.24) is 20.0 Å². The summed E-state index contributed by atoms with van der Waals surface area (Å²) in [5.74, 6) is -0.140. The van der Waals surface area contributed by atoms with Crippen LogP contribution >= 0.6 is 0 Å². The lowest BCUT2D eigenvalue weighted by atomic mass is 10.2. The number of nitrogens with one attached hydrogen (secondary N) is 2. The van der Waals surface area contributed by atoms with Gasteiger partial charge in [-0.3, -0.25) is 9.89 Å². The van der Waals surface area contributed by atoms with Gasteiger partial charge in [0.05, 0.1) is 17.1 Å². The van der Waals surface area contributed by atoms with Gasteiger partial charge in [-0.25, -0.2) is 4.79 Å². The Labute approximate surface area is 161 Å². The van der Waals surface area contributed by atoms with Gasteiger partial charge in [0, 0.05) is 37.3 Å². The van der Waals surface area contributed by atoms with E-state index in [1.165, 1.54) is 0 Å². The third kappa shape index (κ3) is 3.38. The van der Waals surface area contributed by atoms with Gasteiger partial charge in [0.2, 0.25) is 0 Å². The molecule has 0 bridgehead atoms. The van der Waals surface area contributed by atoms with Crippen LogP contribution in [0, 0.1) is 11.3 Å². The predicted octanol–water partition coefficient (Wildman–Crippen LogP) is 2.42. The molecule has 3 aromatic rings. The monoisotopic (exact) mass is 374 g/mol. The van der Waals surface area contributed by atoms with Crippen molar-refractivity contribution >= 4 is 28.5 Å². The highest BCUT2D eigenvalue weighted by atomic mass is 16.2. The Morgan fingerprint density at radius 2 is 1.79 bits per heavy atom. The van der Waals surface area contributed by atoms with Gasteiger partial charge in [0.1, 0.15) is 0 Å². The summed E-state index contributed by atoms with van der Waals surface area (Å²) in [6, 6.07) is 16.1. The molecule has 1 aromatic heterocycles. The van der Waals surface area contributed by atoms with Gasteiger partial charge in [-0.15, -0.1) is 0 Å². The molecule has 0 radical (unpaired) electrons. The zero-order valence-electron chi connectivity index (χ0n) is 15.1. The number of urea groups is 1. The smallest absolute Gasteiger partial charge is 0.321 e. The summed E-state index contributed by atoms with van der Waals surface area (Å²) in [6.45, 7) is 1.73. The van der Waals surface area contributed by atoms with E-state index in [2.05, 4.69) is 15.5 Å². The van der Waals surface area contributed by atoms with Crippen LogP contribution in [0.2, 0.25) is 0 Å². The fourth-order valence-electron chi connectivity index (χ4n) is 3.26. The highest BCUT2D eigenvalue weighted by Gasteiger charge is 2.27. The van der Waals surface area contributed by atoms with E-state index in [1.807, 2.05) is 30.3 Å². The number of rotatable bonds is 2. The first-order valence-corrected chi connectivity index (χ1v) is 8.94. The average molecular weight is 374 g/mol. The number of fused-ring (bicyclic) bond motifs is 1. The van der Waals surface area contributed by atoms with Crippen LogP contribution in [-0.2, 0) is 0 Å². The normalized spacial score (nSPS) is 14.0. The third-order valence-electron chi connectivity index (χ3n) is 4.77. The van der Waals surface area contributed by atoms with Crippen molar-refractivity contribution in [2.75, 3.05) is 31.5 Å². The van der Waals surface area contributed by atoms with Crippen LogP contribution in [0.25, 0.3) is 10.9 Å². The number of hydrogen-bond donors (Lipinski definition) is 2. The zero-order chi connectivity index (χ0) is 19.5. The van der Waals surface area contributed by atoms with Crippen LogP contribution in [0.5, 0.6) is 0 Å². The minimum atomic E-state index is -0.243. The number of para-hydroxylation sites is 1. The summed E-state index contributed by atoms with van der Waals surface area (Å²) in [5, 5.41) is 19.6. The molecule has 0 saturated carbocycles. The fraction of sp³-hybridized carbons (Fsp3) is 0.200. The van der Waals surface area contributed by atoms with Gasteiger partial charge in [-0.2, -0.15) is 10.4 Å². The van der Waals surface area contributed by atoms with Crippen LogP contribution in [0.1, 0.15) is 16.1 Å². The molecule has 1 aliphatic heterocycles. The molecule has 0 unspecified atom stereocenters. The number of carbonyl (C=O) groups excluding carboxylic acids is 2. The number of carbonyl (C=O) groups is 2. The first kappa shape index (κ1) is 17.5. The molecule has 2 heterocycles. The summed E-state index contributed by atoms with van der Waals surface area (Å²) >= 11 is 0. The Morgan fingerprint density at radius 3 is 2.57 bits per heavy atom. The second-order valence-electron chi connectivity index (χ2n) is 6.52. The maximum absolute atomic E-state index is 12.8. The van der Waals surface area contributed by atoms with Crippen LogP contribution < -0.4 is 5.32 Å². The van der Waals surface area contributed by atoms with Gasteiger partial charge in [0.25, 0.3) is 5.91 Å². The zero-order valence-corrected chi connectivity index (χ0v) is 15.1. The van der Waals surface area contributed by atoms with Crippen molar-refractivity contribution in [3.8, 4) is 6.07 Å². The number of amides is 3. The van der Waals surface area contributed by atoms with E-state index in [-0.39, 0.29) is 11.9 Å². The van der Waals surface area contributed by atoms with Crippen LogP contribution in [-0.4, -0.2) is 58.1 Å². The summed E-state index contributed by atoms with van der Waals surface area (Å²) in [6.07, 6.45) is 0.